The predicted molar refractivity (Wildman–Crippen MR) is 77.8 cm³/mol. The van der Waals surface area contributed by atoms with E-state index >= 15 is 0 Å². The lowest BCUT2D eigenvalue weighted by atomic mass is 10.1. The quantitative estimate of drug-likeness (QED) is 0.773. The minimum Gasteiger partial charge on any atom is -0.480 e. The third-order valence-electron chi connectivity index (χ3n) is 3.86. The fourth-order valence-corrected chi connectivity index (χ4v) is 2.47. The fraction of sp³-hybridized carbons (Fsp3) is 0.857. The molecule has 0 bridgehead atoms. The van der Waals surface area contributed by atoms with Crippen molar-refractivity contribution in [3.63, 3.8) is 0 Å². The molecule has 0 spiro atoms. The lowest BCUT2D eigenvalue weighted by molar-refractivity contribution is -0.139. The summed E-state index contributed by atoms with van der Waals surface area (Å²) in [7, 11) is 4.01. The van der Waals surface area contributed by atoms with Crippen molar-refractivity contribution >= 4 is 12.0 Å². The molecule has 1 fully saturated rings. The van der Waals surface area contributed by atoms with E-state index in [1.807, 2.05) is 21.0 Å². The van der Waals surface area contributed by atoms with E-state index in [4.69, 9.17) is 5.11 Å². The van der Waals surface area contributed by atoms with Gasteiger partial charge in [0.1, 0.15) is 6.04 Å². The van der Waals surface area contributed by atoms with Crippen molar-refractivity contribution in [2.24, 2.45) is 0 Å². The van der Waals surface area contributed by atoms with Gasteiger partial charge in [0.2, 0.25) is 0 Å². The second-order valence-electron chi connectivity index (χ2n) is 5.69. The summed E-state index contributed by atoms with van der Waals surface area (Å²) in [5.41, 5.74) is 0. The molecule has 2 atom stereocenters. The number of likely N-dealkylation sites (tertiary alicyclic amines) is 1. The molecule has 20 heavy (non-hydrogen) atoms. The molecule has 0 saturated carbocycles. The summed E-state index contributed by atoms with van der Waals surface area (Å²) in [6, 6.07) is -0.671. The van der Waals surface area contributed by atoms with Crippen LogP contribution in [0.25, 0.3) is 0 Å². The molecule has 0 aliphatic carbocycles. The number of unbranched alkanes of at least 4 members (excludes halogenated alkanes) is 1. The number of nitrogens with zero attached hydrogens (tertiary/aromatic N) is 2. The largest absolute Gasteiger partial charge is 0.480 e. The van der Waals surface area contributed by atoms with Crippen molar-refractivity contribution in [2.75, 3.05) is 27.2 Å². The van der Waals surface area contributed by atoms with Gasteiger partial charge in [0, 0.05) is 19.1 Å². The van der Waals surface area contributed by atoms with E-state index in [9.17, 15) is 9.59 Å². The van der Waals surface area contributed by atoms with Gasteiger partial charge >= 0.3 is 12.0 Å². The molecule has 2 amide bonds. The van der Waals surface area contributed by atoms with Crippen LogP contribution in [0.1, 0.15) is 39.0 Å². The number of urea groups is 1. The van der Waals surface area contributed by atoms with Crippen LogP contribution in [0, 0.1) is 0 Å². The maximum absolute atomic E-state index is 12.2. The van der Waals surface area contributed by atoms with Crippen molar-refractivity contribution in [2.45, 2.75) is 51.1 Å². The average Bonchev–Trinajstić information content (AvgIpc) is 2.42. The van der Waals surface area contributed by atoms with E-state index in [-0.39, 0.29) is 6.03 Å². The number of hydrogen-bond acceptors (Lipinski definition) is 3. The van der Waals surface area contributed by atoms with Crippen LogP contribution < -0.4 is 5.32 Å². The van der Waals surface area contributed by atoms with E-state index in [1.165, 1.54) is 0 Å². The van der Waals surface area contributed by atoms with E-state index in [2.05, 4.69) is 10.2 Å². The van der Waals surface area contributed by atoms with Gasteiger partial charge in [-0.1, -0.05) is 19.8 Å². The number of nitrogens with one attached hydrogen (secondary N) is 1. The van der Waals surface area contributed by atoms with Crippen LogP contribution in [0.5, 0.6) is 0 Å². The Labute approximate surface area is 121 Å². The zero-order chi connectivity index (χ0) is 15.1. The van der Waals surface area contributed by atoms with Gasteiger partial charge in [0.15, 0.2) is 0 Å². The molecule has 6 nitrogen and oxygen atoms in total. The smallest absolute Gasteiger partial charge is 0.326 e. The Hall–Kier alpha value is -1.30. The van der Waals surface area contributed by atoms with Crippen molar-refractivity contribution in [1.29, 1.82) is 0 Å². The highest BCUT2D eigenvalue weighted by Gasteiger charge is 2.27. The van der Waals surface area contributed by atoms with Crippen molar-refractivity contribution in [1.82, 2.24) is 15.1 Å². The first-order valence-corrected chi connectivity index (χ1v) is 7.40. The molecule has 1 rings (SSSR count). The van der Waals surface area contributed by atoms with Crippen LogP contribution in [0.2, 0.25) is 0 Å². The van der Waals surface area contributed by atoms with Gasteiger partial charge in [-0.15, -0.1) is 0 Å². The molecule has 116 valence electrons. The minimum atomic E-state index is -0.951. The second kappa shape index (κ2) is 8.09. The standard InChI is InChI=1S/C14H27N3O3/c1-4-5-8-12(13(18)19)15-14(20)17-9-6-7-11(10-17)16(2)3/h11-12H,4-10H2,1-3H3,(H,15,20)(H,18,19)/t11?,12-/m0/s1. The summed E-state index contributed by atoms with van der Waals surface area (Å²) in [4.78, 5) is 27.2. The highest BCUT2D eigenvalue weighted by atomic mass is 16.4. The molecule has 0 aromatic rings. The first-order valence-electron chi connectivity index (χ1n) is 7.40. The van der Waals surface area contributed by atoms with Crippen LogP contribution in [0.15, 0.2) is 0 Å². The number of carbonyl (C=O) groups is 2. The van der Waals surface area contributed by atoms with E-state index < -0.39 is 12.0 Å². The number of carboxylic acid groups (broad SMARTS) is 1. The zero-order valence-corrected chi connectivity index (χ0v) is 12.8. The maximum Gasteiger partial charge on any atom is 0.326 e. The van der Waals surface area contributed by atoms with Gasteiger partial charge in [0.25, 0.3) is 0 Å². The maximum atomic E-state index is 12.2. The molecular formula is C14H27N3O3. The lowest BCUT2D eigenvalue weighted by Gasteiger charge is -2.36. The highest BCUT2D eigenvalue weighted by Crippen LogP contribution is 2.14. The summed E-state index contributed by atoms with van der Waals surface area (Å²) < 4.78 is 0. The summed E-state index contributed by atoms with van der Waals surface area (Å²) in [5, 5.41) is 11.8. The molecule has 1 saturated heterocycles. The number of piperidine rings is 1. The molecule has 1 heterocycles. The molecule has 0 radical (unpaired) electrons. The van der Waals surface area contributed by atoms with Crippen molar-refractivity contribution in [3.8, 4) is 0 Å². The predicted octanol–water partition coefficient (Wildman–Crippen LogP) is 1.37. The second-order valence-corrected chi connectivity index (χ2v) is 5.69. The van der Waals surface area contributed by atoms with Gasteiger partial charge in [-0.2, -0.15) is 0 Å². The first-order chi connectivity index (χ1) is 9.45. The van der Waals surface area contributed by atoms with E-state index in [1.54, 1.807) is 4.90 Å². The normalized spacial score (nSPS) is 20.8. The Bertz CT molecular complexity index is 334. The van der Waals surface area contributed by atoms with Crippen LogP contribution in [-0.2, 0) is 4.79 Å². The Morgan fingerprint density at radius 3 is 2.70 bits per heavy atom. The van der Waals surface area contributed by atoms with Gasteiger partial charge < -0.3 is 20.2 Å². The average molecular weight is 285 g/mol. The Morgan fingerprint density at radius 2 is 2.15 bits per heavy atom. The SMILES string of the molecule is CCCC[C@H](NC(=O)N1CCCC(N(C)C)C1)C(=O)O. The van der Waals surface area contributed by atoms with Gasteiger partial charge in [-0.05, 0) is 33.4 Å². The molecular weight excluding hydrogens is 258 g/mol. The molecule has 1 aliphatic heterocycles. The number of rotatable bonds is 6. The first kappa shape index (κ1) is 16.8. The molecule has 0 aromatic carbocycles. The fourth-order valence-electron chi connectivity index (χ4n) is 2.47. The van der Waals surface area contributed by atoms with E-state index in [0.717, 1.165) is 25.7 Å². The minimum absolute atomic E-state index is 0.250. The number of carboxylic acids is 1. The molecule has 1 aliphatic rings. The third-order valence-corrected chi connectivity index (χ3v) is 3.86. The Balaban J connectivity index is 2.53. The van der Waals surface area contributed by atoms with Crippen LogP contribution in [-0.4, -0.2) is 66.2 Å². The van der Waals surface area contributed by atoms with Gasteiger partial charge in [-0.25, -0.2) is 9.59 Å². The number of carbonyl (C=O) groups excluding carboxylic acids is 1. The number of likely N-dealkylation sites (N-methyl/N-ethyl adjacent to an activating group) is 1. The van der Waals surface area contributed by atoms with Gasteiger partial charge in [-0.3, -0.25) is 0 Å². The van der Waals surface area contributed by atoms with Crippen molar-refractivity contribution in [3.05, 3.63) is 0 Å². The third kappa shape index (κ3) is 5.00. The van der Waals surface area contributed by atoms with Crippen molar-refractivity contribution < 1.29 is 14.7 Å². The monoisotopic (exact) mass is 285 g/mol. The summed E-state index contributed by atoms with van der Waals surface area (Å²) in [5.74, 6) is -0.951. The van der Waals surface area contributed by atoms with Crippen LogP contribution in [0.3, 0.4) is 0 Å². The molecule has 0 aromatic heterocycles. The number of aliphatic carboxylic acids is 1. The molecule has 2 N–H and O–H groups in total. The highest BCUT2D eigenvalue weighted by molar-refractivity contribution is 5.82. The molecule has 1 unspecified atom stereocenters. The topological polar surface area (TPSA) is 72.9 Å². The van der Waals surface area contributed by atoms with Gasteiger partial charge in [0.05, 0.1) is 0 Å². The van der Waals surface area contributed by atoms with Crippen LogP contribution in [0.4, 0.5) is 4.79 Å². The Morgan fingerprint density at radius 1 is 1.45 bits per heavy atom. The van der Waals surface area contributed by atoms with E-state index in [0.29, 0.717) is 25.6 Å². The number of hydrogen-bond donors (Lipinski definition) is 2. The summed E-state index contributed by atoms with van der Waals surface area (Å²) in [6.07, 6.45) is 4.25. The zero-order valence-electron chi connectivity index (χ0n) is 12.8. The summed E-state index contributed by atoms with van der Waals surface area (Å²) >= 11 is 0. The Kier molecular flexibility index (Phi) is 6.78. The number of amides is 2. The lowest BCUT2D eigenvalue weighted by Crippen LogP contribution is -2.53. The molecule has 6 heteroatoms. The summed E-state index contributed by atoms with van der Waals surface area (Å²) in [6.45, 7) is 3.38. The van der Waals surface area contributed by atoms with Crippen LogP contribution >= 0.6 is 0 Å².